The Labute approximate surface area is 105 Å². The van der Waals surface area contributed by atoms with Gasteiger partial charge in [0.1, 0.15) is 0 Å². The first-order valence-electron chi connectivity index (χ1n) is 5.47. The number of carboxylic acid groups (broad SMARTS) is 1. The van der Waals surface area contributed by atoms with Gasteiger partial charge >= 0.3 is 5.97 Å². The van der Waals surface area contributed by atoms with Gasteiger partial charge in [-0.1, -0.05) is 0 Å². The molecule has 1 fully saturated rings. The van der Waals surface area contributed by atoms with Gasteiger partial charge in [-0.3, -0.25) is 0 Å². The van der Waals surface area contributed by atoms with E-state index in [1.807, 2.05) is 0 Å². The topological polar surface area (TPSA) is 109 Å². The average Bonchev–Trinajstić information content (AvgIpc) is 2.61. The largest absolute Gasteiger partial charge is 0.478 e. The van der Waals surface area contributed by atoms with Crippen molar-refractivity contribution < 1.29 is 18.3 Å². The Morgan fingerprint density at radius 2 is 2.17 bits per heavy atom. The van der Waals surface area contributed by atoms with Crippen LogP contribution in [0.5, 0.6) is 0 Å². The maximum Gasteiger partial charge on any atom is 0.335 e. The lowest BCUT2D eigenvalue weighted by molar-refractivity contribution is 0.0697. The van der Waals surface area contributed by atoms with Gasteiger partial charge in [-0.05, 0) is 24.6 Å². The van der Waals surface area contributed by atoms with Crippen molar-refractivity contribution in [3.05, 3.63) is 23.8 Å². The molecule has 1 unspecified atom stereocenters. The number of hydrogen-bond donors (Lipinski definition) is 3. The number of carboxylic acids is 1. The highest BCUT2D eigenvalue weighted by Gasteiger charge is 2.28. The van der Waals surface area contributed by atoms with Gasteiger partial charge < -0.3 is 16.2 Å². The molecule has 1 atom stereocenters. The third kappa shape index (κ3) is 2.73. The number of sulfone groups is 1. The molecular weight excluding hydrogens is 256 g/mol. The summed E-state index contributed by atoms with van der Waals surface area (Å²) in [6, 6.07) is 4.19. The van der Waals surface area contributed by atoms with E-state index in [4.69, 9.17) is 10.8 Å². The first-order chi connectivity index (χ1) is 8.37. The predicted molar refractivity (Wildman–Crippen MR) is 68.5 cm³/mol. The Hall–Kier alpha value is -1.76. The fourth-order valence-electron chi connectivity index (χ4n) is 1.96. The summed E-state index contributed by atoms with van der Waals surface area (Å²) in [5.41, 5.74) is 6.71. The van der Waals surface area contributed by atoms with Crippen molar-refractivity contribution in [3.63, 3.8) is 0 Å². The minimum Gasteiger partial charge on any atom is -0.478 e. The molecule has 0 bridgehead atoms. The molecule has 1 aromatic carbocycles. The van der Waals surface area contributed by atoms with Crippen LogP contribution in [0.15, 0.2) is 18.2 Å². The molecule has 7 heteroatoms. The second-order valence-electron chi connectivity index (χ2n) is 4.35. The van der Waals surface area contributed by atoms with Crippen molar-refractivity contribution in [1.29, 1.82) is 0 Å². The Morgan fingerprint density at radius 3 is 2.67 bits per heavy atom. The monoisotopic (exact) mass is 270 g/mol. The SMILES string of the molecule is Nc1cc(C(=O)O)ccc1NC1CCS(=O)(=O)C1. The first kappa shape index (κ1) is 12.7. The molecule has 1 heterocycles. The molecule has 0 aliphatic carbocycles. The van der Waals surface area contributed by atoms with Gasteiger partial charge in [-0.25, -0.2) is 13.2 Å². The molecule has 98 valence electrons. The highest BCUT2D eigenvalue weighted by molar-refractivity contribution is 7.91. The van der Waals surface area contributed by atoms with Crippen LogP contribution in [0.2, 0.25) is 0 Å². The van der Waals surface area contributed by atoms with Crippen molar-refractivity contribution in [3.8, 4) is 0 Å². The fourth-order valence-corrected chi connectivity index (χ4v) is 3.63. The van der Waals surface area contributed by atoms with E-state index in [1.165, 1.54) is 12.1 Å². The van der Waals surface area contributed by atoms with E-state index < -0.39 is 15.8 Å². The van der Waals surface area contributed by atoms with Gasteiger partial charge in [0.15, 0.2) is 9.84 Å². The van der Waals surface area contributed by atoms with Crippen LogP contribution in [0, 0.1) is 0 Å². The molecule has 0 saturated carbocycles. The Morgan fingerprint density at radius 1 is 1.44 bits per heavy atom. The van der Waals surface area contributed by atoms with Gasteiger partial charge in [-0.15, -0.1) is 0 Å². The zero-order valence-electron chi connectivity index (χ0n) is 9.59. The normalized spacial score (nSPS) is 21.7. The molecule has 18 heavy (non-hydrogen) atoms. The molecule has 2 rings (SSSR count). The smallest absolute Gasteiger partial charge is 0.335 e. The minimum absolute atomic E-state index is 0.0904. The lowest BCUT2D eigenvalue weighted by Crippen LogP contribution is -2.21. The van der Waals surface area contributed by atoms with Crippen molar-refractivity contribution >= 4 is 27.2 Å². The average molecular weight is 270 g/mol. The zero-order chi connectivity index (χ0) is 13.3. The van der Waals surface area contributed by atoms with Gasteiger partial charge in [0.05, 0.1) is 28.4 Å². The van der Waals surface area contributed by atoms with E-state index in [2.05, 4.69) is 5.32 Å². The number of anilines is 2. The van der Waals surface area contributed by atoms with Gasteiger partial charge in [0.25, 0.3) is 0 Å². The van der Waals surface area contributed by atoms with E-state index >= 15 is 0 Å². The zero-order valence-corrected chi connectivity index (χ0v) is 10.4. The molecule has 1 saturated heterocycles. The van der Waals surface area contributed by atoms with E-state index in [9.17, 15) is 13.2 Å². The molecule has 0 spiro atoms. The maximum atomic E-state index is 11.3. The summed E-state index contributed by atoms with van der Waals surface area (Å²) in [6.07, 6.45) is 0.544. The van der Waals surface area contributed by atoms with Crippen LogP contribution in [-0.4, -0.2) is 37.0 Å². The van der Waals surface area contributed by atoms with Crippen LogP contribution in [0.4, 0.5) is 11.4 Å². The van der Waals surface area contributed by atoms with E-state index in [-0.39, 0.29) is 23.1 Å². The number of rotatable bonds is 3. The summed E-state index contributed by atoms with van der Waals surface area (Å²) in [5.74, 6) is -0.776. The molecule has 0 aromatic heterocycles. The van der Waals surface area contributed by atoms with Gasteiger partial charge in [0.2, 0.25) is 0 Å². The summed E-state index contributed by atoms with van der Waals surface area (Å²) >= 11 is 0. The van der Waals surface area contributed by atoms with E-state index in [0.717, 1.165) is 0 Å². The van der Waals surface area contributed by atoms with Gasteiger partial charge in [-0.2, -0.15) is 0 Å². The Bertz CT molecular complexity index is 583. The Balaban J connectivity index is 2.13. The molecule has 1 aromatic rings. The molecule has 0 radical (unpaired) electrons. The van der Waals surface area contributed by atoms with Crippen LogP contribution < -0.4 is 11.1 Å². The van der Waals surface area contributed by atoms with Crippen molar-refractivity contribution in [1.82, 2.24) is 0 Å². The van der Waals surface area contributed by atoms with Gasteiger partial charge in [0, 0.05) is 6.04 Å². The molecular formula is C11H14N2O4S. The van der Waals surface area contributed by atoms with Crippen molar-refractivity contribution in [2.24, 2.45) is 0 Å². The highest BCUT2D eigenvalue weighted by Crippen LogP contribution is 2.23. The second kappa shape index (κ2) is 4.49. The lowest BCUT2D eigenvalue weighted by Gasteiger charge is -2.14. The van der Waals surface area contributed by atoms with Crippen LogP contribution >= 0.6 is 0 Å². The second-order valence-corrected chi connectivity index (χ2v) is 6.58. The number of nitrogens with one attached hydrogen (secondary N) is 1. The fraction of sp³-hybridized carbons (Fsp3) is 0.364. The van der Waals surface area contributed by atoms with Crippen LogP contribution in [0.25, 0.3) is 0 Å². The summed E-state index contributed by atoms with van der Waals surface area (Å²) in [7, 11) is -2.95. The molecule has 0 amide bonds. The maximum absolute atomic E-state index is 11.3. The van der Waals surface area contributed by atoms with Crippen LogP contribution in [-0.2, 0) is 9.84 Å². The van der Waals surface area contributed by atoms with E-state index in [0.29, 0.717) is 17.8 Å². The third-order valence-electron chi connectivity index (χ3n) is 2.89. The van der Waals surface area contributed by atoms with Crippen LogP contribution in [0.1, 0.15) is 16.8 Å². The van der Waals surface area contributed by atoms with Crippen molar-refractivity contribution in [2.75, 3.05) is 22.6 Å². The summed E-state index contributed by atoms with van der Waals surface area (Å²) in [5, 5.41) is 11.8. The van der Waals surface area contributed by atoms with E-state index in [1.54, 1.807) is 6.07 Å². The summed E-state index contributed by atoms with van der Waals surface area (Å²) < 4.78 is 22.6. The minimum atomic E-state index is -2.95. The summed E-state index contributed by atoms with van der Waals surface area (Å²) in [6.45, 7) is 0. The number of nitrogen functional groups attached to an aromatic ring is 1. The highest BCUT2D eigenvalue weighted by atomic mass is 32.2. The molecule has 1 aliphatic rings. The van der Waals surface area contributed by atoms with Crippen molar-refractivity contribution in [2.45, 2.75) is 12.5 Å². The summed E-state index contributed by atoms with van der Waals surface area (Å²) in [4.78, 5) is 10.7. The number of nitrogens with two attached hydrogens (primary N) is 1. The Kier molecular flexibility index (Phi) is 3.16. The first-order valence-corrected chi connectivity index (χ1v) is 7.29. The molecule has 6 nitrogen and oxygen atoms in total. The number of aromatic carboxylic acids is 1. The van der Waals surface area contributed by atoms with Crippen LogP contribution in [0.3, 0.4) is 0 Å². The molecule has 4 N–H and O–H groups in total. The standard InChI is InChI=1S/C11H14N2O4S/c12-9-5-7(11(14)15)1-2-10(9)13-8-3-4-18(16,17)6-8/h1-2,5,8,13H,3-4,6,12H2,(H,14,15). The molecule has 1 aliphatic heterocycles. The predicted octanol–water partition coefficient (Wildman–Crippen LogP) is 0.566. The quantitative estimate of drug-likeness (QED) is 0.692. The number of hydrogen-bond acceptors (Lipinski definition) is 5. The lowest BCUT2D eigenvalue weighted by atomic mass is 10.1. The third-order valence-corrected chi connectivity index (χ3v) is 4.66. The number of benzene rings is 1. The number of carbonyl (C=O) groups is 1.